The number of hydrogen-bond acceptors (Lipinski definition) is 4. The van der Waals surface area contributed by atoms with Gasteiger partial charge >= 0.3 is 0 Å². The highest BCUT2D eigenvalue weighted by molar-refractivity contribution is 5.08. The molecule has 0 saturated carbocycles. The van der Waals surface area contributed by atoms with Gasteiger partial charge in [0.05, 0.1) is 18.5 Å². The van der Waals surface area contributed by atoms with Gasteiger partial charge in [-0.1, -0.05) is 19.9 Å². The second kappa shape index (κ2) is 7.79. The molecule has 0 amide bonds. The number of rotatable bonds is 8. The molecule has 0 atom stereocenters. The summed E-state index contributed by atoms with van der Waals surface area (Å²) in [5, 5.41) is 3.32. The Labute approximate surface area is 103 Å². The Bertz CT molecular complexity index is 339. The van der Waals surface area contributed by atoms with Gasteiger partial charge in [-0.3, -0.25) is 4.98 Å². The summed E-state index contributed by atoms with van der Waals surface area (Å²) in [7, 11) is 0. The molecular weight excluding hydrogens is 214 g/mol. The molecule has 1 aromatic rings. The van der Waals surface area contributed by atoms with Crippen LogP contribution < -0.4 is 10.1 Å². The highest BCUT2D eigenvalue weighted by atomic mass is 16.5. The molecule has 0 saturated heterocycles. The van der Waals surface area contributed by atoms with E-state index in [2.05, 4.69) is 35.7 Å². The fourth-order valence-corrected chi connectivity index (χ4v) is 1.28. The van der Waals surface area contributed by atoms with Crippen LogP contribution in [0.25, 0.3) is 0 Å². The summed E-state index contributed by atoms with van der Waals surface area (Å²) < 4.78 is 5.44. The van der Waals surface area contributed by atoms with Crippen LogP contribution in [0.3, 0.4) is 0 Å². The summed E-state index contributed by atoms with van der Waals surface area (Å²) >= 11 is 0. The predicted molar refractivity (Wildman–Crippen MR) is 68.9 cm³/mol. The van der Waals surface area contributed by atoms with Crippen molar-refractivity contribution in [1.82, 2.24) is 15.3 Å². The first kappa shape index (κ1) is 13.6. The quantitative estimate of drug-likeness (QED) is 0.554. The molecule has 0 aromatic carbocycles. The topological polar surface area (TPSA) is 47.0 Å². The molecule has 1 heterocycles. The summed E-state index contributed by atoms with van der Waals surface area (Å²) in [6.45, 7) is 10.3. The molecule has 4 heteroatoms. The van der Waals surface area contributed by atoms with E-state index in [0.717, 1.165) is 25.2 Å². The van der Waals surface area contributed by atoms with Crippen molar-refractivity contribution in [2.24, 2.45) is 5.92 Å². The van der Waals surface area contributed by atoms with Crippen molar-refractivity contribution in [3.8, 4) is 5.88 Å². The first-order valence-corrected chi connectivity index (χ1v) is 5.97. The molecule has 0 spiro atoms. The lowest BCUT2D eigenvalue weighted by Gasteiger charge is -2.08. The largest absolute Gasteiger partial charge is 0.476 e. The van der Waals surface area contributed by atoms with Crippen molar-refractivity contribution in [2.75, 3.05) is 13.2 Å². The predicted octanol–water partition coefficient (Wildman–Crippen LogP) is 2.18. The second-order valence-electron chi connectivity index (χ2n) is 4.30. The minimum absolute atomic E-state index is 0.579. The van der Waals surface area contributed by atoms with Crippen molar-refractivity contribution >= 4 is 0 Å². The number of hydrogen-bond donors (Lipinski definition) is 1. The highest BCUT2D eigenvalue weighted by Crippen LogP contribution is 2.05. The summed E-state index contributed by atoms with van der Waals surface area (Å²) in [6, 6.07) is 0. The normalized spacial score (nSPS) is 10.5. The molecule has 0 bridgehead atoms. The molecule has 1 rings (SSSR count). The fraction of sp³-hybridized carbons (Fsp3) is 0.538. The molecule has 0 aliphatic carbocycles. The van der Waals surface area contributed by atoms with Crippen molar-refractivity contribution in [1.29, 1.82) is 0 Å². The monoisotopic (exact) mass is 235 g/mol. The lowest BCUT2D eigenvalue weighted by atomic mass is 10.2. The lowest BCUT2D eigenvalue weighted by Crippen LogP contribution is -2.19. The van der Waals surface area contributed by atoms with Gasteiger partial charge in [-0.25, -0.2) is 4.98 Å². The Hall–Kier alpha value is -1.42. The van der Waals surface area contributed by atoms with Crippen LogP contribution in [-0.4, -0.2) is 23.1 Å². The summed E-state index contributed by atoms with van der Waals surface area (Å²) in [6.07, 6.45) is 6.03. The molecule has 94 valence electrons. The van der Waals surface area contributed by atoms with Crippen molar-refractivity contribution in [3.05, 3.63) is 30.7 Å². The van der Waals surface area contributed by atoms with Gasteiger partial charge in [0.1, 0.15) is 0 Å². The van der Waals surface area contributed by atoms with Crippen LogP contribution in [0.1, 0.15) is 26.0 Å². The molecule has 0 aliphatic heterocycles. The van der Waals surface area contributed by atoms with E-state index < -0.39 is 0 Å². The molecule has 0 unspecified atom stereocenters. The van der Waals surface area contributed by atoms with Gasteiger partial charge in [0.25, 0.3) is 0 Å². The molecule has 17 heavy (non-hydrogen) atoms. The van der Waals surface area contributed by atoms with Gasteiger partial charge in [0.15, 0.2) is 0 Å². The molecule has 1 aromatic heterocycles. The Morgan fingerprint density at radius 2 is 2.29 bits per heavy atom. The smallest absolute Gasteiger partial charge is 0.232 e. The van der Waals surface area contributed by atoms with Gasteiger partial charge in [0, 0.05) is 12.7 Å². The van der Waals surface area contributed by atoms with Crippen LogP contribution in [0.2, 0.25) is 0 Å². The van der Waals surface area contributed by atoms with Gasteiger partial charge < -0.3 is 10.1 Å². The van der Waals surface area contributed by atoms with E-state index in [-0.39, 0.29) is 0 Å². The minimum Gasteiger partial charge on any atom is -0.476 e. The summed E-state index contributed by atoms with van der Waals surface area (Å²) in [4.78, 5) is 8.47. The van der Waals surface area contributed by atoms with E-state index >= 15 is 0 Å². The maximum Gasteiger partial charge on any atom is 0.232 e. The Balaban J connectivity index is 2.39. The highest BCUT2D eigenvalue weighted by Gasteiger charge is 2.00. The molecule has 4 nitrogen and oxygen atoms in total. The van der Waals surface area contributed by atoms with E-state index in [9.17, 15) is 0 Å². The van der Waals surface area contributed by atoms with Crippen LogP contribution in [0, 0.1) is 5.92 Å². The van der Waals surface area contributed by atoms with Gasteiger partial charge in [0.2, 0.25) is 5.88 Å². The zero-order chi connectivity index (χ0) is 12.5. The zero-order valence-electron chi connectivity index (χ0n) is 10.6. The molecule has 0 aliphatic rings. The van der Waals surface area contributed by atoms with Crippen molar-refractivity contribution in [2.45, 2.75) is 26.8 Å². The Morgan fingerprint density at radius 1 is 1.47 bits per heavy atom. The number of nitrogens with one attached hydrogen (secondary N) is 1. The summed E-state index contributed by atoms with van der Waals surface area (Å²) in [5.41, 5.74) is 0.904. The zero-order valence-corrected chi connectivity index (χ0v) is 10.6. The minimum atomic E-state index is 0.579. The van der Waals surface area contributed by atoms with E-state index in [1.165, 1.54) is 0 Å². The van der Waals surface area contributed by atoms with Crippen LogP contribution in [0.5, 0.6) is 5.88 Å². The van der Waals surface area contributed by atoms with Gasteiger partial charge in [-0.05, 0) is 18.9 Å². The van der Waals surface area contributed by atoms with Gasteiger partial charge in [-0.2, -0.15) is 0 Å². The molecule has 0 radical (unpaired) electrons. The standard InChI is InChI=1S/C13H21N3O/c1-4-5-6-17-13-10-15-9-12(16-13)8-14-7-11(2)3/h4,9-11,14H,1,5-8H2,2-3H3. The number of nitrogens with zero attached hydrogens (tertiary/aromatic N) is 2. The number of ether oxygens (including phenoxy) is 1. The summed E-state index contributed by atoms with van der Waals surface area (Å²) in [5.74, 6) is 1.21. The van der Waals surface area contributed by atoms with E-state index in [0.29, 0.717) is 18.4 Å². The van der Waals surface area contributed by atoms with Crippen LogP contribution in [0.4, 0.5) is 0 Å². The number of aromatic nitrogens is 2. The average Bonchev–Trinajstić information content (AvgIpc) is 2.29. The maximum absolute atomic E-state index is 5.44. The average molecular weight is 235 g/mol. The lowest BCUT2D eigenvalue weighted by molar-refractivity contribution is 0.309. The molecule has 1 N–H and O–H groups in total. The van der Waals surface area contributed by atoms with Crippen molar-refractivity contribution < 1.29 is 4.74 Å². The third kappa shape index (κ3) is 6.02. The van der Waals surface area contributed by atoms with Gasteiger partial charge in [-0.15, -0.1) is 6.58 Å². The van der Waals surface area contributed by atoms with Crippen LogP contribution >= 0.6 is 0 Å². The maximum atomic E-state index is 5.44. The van der Waals surface area contributed by atoms with E-state index in [4.69, 9.17) is 4.74 Å². The molecular formula is C13H21N3O. The third-order valence-corrected chi connectivity index (χ3v) is 2.09. The van der Waals surface area contributed by atoms with Crippen LogP contribution in [0.15, 0.2) is 25.0 Å². The van der Waals surface area contributed by atoms with Crippen LogP contribution in [-0.2, 0) is 6.54 Å². The SMILES string of the molecule is C=CCCOc1cncc(CNCC(C)C)n1. The third-order valence-electron chi connectivity index (χ3n) is 2.09. The molecule has 0 fully saturated rings. The first-order valence-electron chi connectivity index (χ1n) is 5.97. The van der Waals surface area contributed by atoms with E-state index in [1.54, 1.807) is 12.4 Å². The fourth-order valence-electron chi connectivity index (χ4n) is 1.28. The Morgan fingerprint density at radius 3 is 3.00 bits per heavy atom. The first-order chi connectivity index (χ1) is 8.22. The van der Waals surface area contributed by atoms with E-state index in [1.807, 2.05) is 6.08 Å². The van der Waals surface area contributed by atoms with Crippen molar-refractivity contribution in [3.63, 3.8) is 0 Å². The second-order valence-corrected chi connectivity index (χ2v) is 4.30. The Kier molecular flexibility index (Phi) is 6.25.